The van der Waals surface area contributed by atoms with Gasteiger partial charge in [0.25, 0.3) is 6.43 Å². The monoisotopic (exact) mass is 266 g/mol. The van der Waals surface area contributed by atoms with Crippen molar-refractivity contribution < 1.29 is 13.9 Å². The molecule has 0 saturated heterocycles. The Bertz CT molecular complexity index is 333. The normalized spacial score (nSPS) is 11.0. The zero-order valence-corrected chi connectivity index (χ0v) is 8.76. The van der Waals surface area contributed by atoms with Gasteiger partial charge in [-0.05, 0) is 27.6 Å². The Labute approximate surface area is 88.1 Å². The second kappa shape index (κ2) is 4.77. The van der Waals surface area contributed by atoms with Gasteiger partial charge in [0.1, 0.15) is 4.60 Å². The second-order valence-electron chi connectivity index (χ2n) is 2.64. The summed E-state index contributed by atoms with van der Waals surface area (Å²) in [4.78, 5) is 3.75. The molecule has 3 nitrogen and oxygen atoms in total. The Morgan fingerprint density at radius 3 is 2.64 bits per heavy atom. The topological polar surface area (TPSA) is 59.1 Å². The van der Waals surface area contributed by atoms with Crippen molar-refractivity contribution in [2.75, 3.05) is 0 Å². The molecule has 0 spiro atoms. The third kappa shape index (κ3) is 2.26. The summed E-state index contributed by atoms with van der Waals surface area (Å²) in [6.45, 7) is -0.303. The number of nitrogens with two attached hydrogens (primary N) is 1. The van der Waals surface area contributed by atoms with Crippen molar-refractivity contribution in [2.24, 2.45) is 5.73 Å². The van der Waals surface area contributed by atoms with Gasteiger partial charge in [-0.1, -0.05) is 0 Å². The van der Waals surface area contributed by atoms with E-state index in [1.54, 1.807) is 0 Å². The Kier molecular flexibility index (Phi) is 3.91. The number of rotatable bonds is 3. The van der Waals surface area contributed by atoms with Gasteiger partial charge in [-0.3, -0.25) is 0 Å². The number of aromatic nitrogens is 1. The summed E-state index contributed by atoms with van der Waals surface area (Å²) in [6, 6.07) is 1.38. The maximum atomic E-state index is 12.5. The zero-order chi connectivity index (χ0) is 10.7. The minimum atomic E-state index is -2.62. The highest BCUT2D eigenvalue weighted by atomic mass is 79.9. The lowest BCUT2D eigenvalue weighted by molar-refractivity contribution is 0.148. The molecule has 0 aromatic carbocycles. The lowest BCUT2D eigenvalue weighted by Gasteiger charge is -2.10. The van der Waals surface area contributed by atoms with E-state index in [1.165, 1.54) is 6.07 Å². The Hall–Kier alpha value is -0.590. The number of aliphatic hydroxyl groups excluding tert-OH is 1. The molecule has 0 atom stereocenters. The number of hydrogen-bond donors (Lipinski definition) is 2. The van der Waals surface area contributed by atoms with E-state index in [2.05, 4.69) is 20.9 Å². The lowest BCUT2D eigenvalue weighted by atomic mass is 10.1. The maximum Gasteiger partial charge on any atom is 0.266 e. The Balaban J connectivity index is 3.27. The summed E-state index contributed by atoms with van der Waals surface area (Å²) in [6.07, 6.45) is -2.62. The van der Waals surface area contributed by atoms with Crippen molar-refractivity contribution in [2.45, 2.75) is 19.6 Å². The molecule has 0 amide bonds. The number of nitrogens with zero attached hydrogens (tertiary/aromatic N) is 1. The minimum Gasteiger partial charge on any atom is -0.390 e. The third-order valence-corrected chi connectivity index (χ3v) is 2.36. The highest BCUT2D eigenvalue weighted by Crippen LogP contribution is 2.29. The van der Waals surface area contributed by atoms with Gasteiger partial charge < -0.3 is 10.8 Å². The minimum absolute atomic E-state index is 0.00616. The Morgan fingerprint density at radius 1 is 1.57 bits per heavy atom. The van der Waals surface area contributed by atoms with E-state index in [0.29, 0.717) is 11.3 Å². The van der Waals surface area contributed by atoms with Crippen LogP contribution in [0, 0.1) is 0 Å². The summed E-state index contributed by atoms with van der Waals surface area (Å²) in [7, 11) is 0. The van der Waals surface area contributed by atoms with Crippen molar-refractivity contribution in [3.05, 3.63) is 27.5 Å². The SMILES string of the molecule is NCc1cc(CO)nc(Br)c1C(F)F. The fourth-order valence-electron chi connectivity index (χ4n) is 1.11. The van der Waals surface area contributed by atoms with E-state index in [0.717, 1.165) is 0 Å². The van der Waals surface area contributed by atoms with Crippen LogP contribution in [0.15, 0.2) is 10.7 Å². The first-order chi connectivity index (χ1) is 6.60. The number of alkyl halides is 2. The van der Waals surface area contributed by atoms with E-state index in [9.17, 15) is 8.78 Å². The quantitative estimate of drug-likeness (QED) is 0.820. The molecule has 0 saturated carbocycles. The first-order valence-electron chi connectivity index (χ1n) is 3.87. The molecule has 78 valence electrons. The standard InChI is InChI=1S/C8H9BrF2N2O/c9-7-6(8(10)11)4(2-12)1-5(3-14)13-7/h1,8,14H,2-3,12H2. The van der Waals surface area contributed by atoms with Crippen LogP contribution in [0.4, 0.5) is 8.78 Å². The van der Waals surface area contributed by atoms with Gasteiger partial charge in [0, 0.05) is 6.54 Å². The van der Waals surface area contributed by atoms with Crippen molar-refractivity contribution in [3.8, 4) is 0 Å². The fourth-order valence-corrected chi connectivity index (χ4v) is 1.77. The number of pyridine rings is 1. The molecule has 0 radical (unpaired) electrons. The zero-order valence-electron chi connectivity index (χ0n) is 7.17. The van der Waals surface area contributed by atoms with Gasteiger partial charge in [0.15, 0.2) is 0 Å². The summed E-state index contributed by atoms with van der Waals surface area (Å²) < 4.78 is 25.1. The summed E-state index contributed by atoms with van der Waals surface area (Å²) in [5.74, 6) is 0. The molecule has 3 N–H and O–H groups in total. The molecule has 14 heavy (non-hydrogen) atoms. The lowest BCUT2D eigenvalue weighted by Crippen LogP contribution is -2.06. The van der Waals surface area contributed by atoms with Crippen molar-refractivity contribution in [1.29, 1.82) is 0 Å². The smallest absolute Gasteiger partial charge is 0.266 e. The summed E-state index contributed by atoms with van der Waals surface area (Å²) >= 11 is 2.92. The van der Waals surface area contributed by atoms with Crippen molar-refractivity contribution in [1.82, 2.24) is 4.98 Å². The van der Waals surface area contributed by atoms with Gasteiger partial charge >= 0.3 is 0 Å². The van der Waals surface area contributed by atoms with Crippen LogP contribution in [0.1, 0.15) is 23.2 Å². The Morgan fingerprint density at radius 2 is 2.21 bits per heavy atom. The van der Waals surface area contributed by atoms with Gasteiger partial charge in [-0.25, -0.2) is 13.8 Å². The largest absolute Gasteiger partial charge is 0.390 e. The van der Waals surface area contributed by atoms with Gasteiger partial charge in [0.2, 0.25) is 0 Å². The molecule has 6 heteroatoms. The molecule has 0 aliphatic carbocycles. The molecular weight excluding hydrogens is 258 g/mol. The maximum absolute atomic E-state index is 12.5. The molecule has 0 bridgehead atoms. The van der Waals surface area contributed by atoms with Gasteiger partial charge in [0.05, 0.1) is 17.9 Å². The van der Waals surface area contributed by atoms with E-state index in [1.807, 2.05) is 0 Å². The van der Waals surface area contributed by atoms with Crippen molar-refractivity contribution >= 4 is 15.9 Å². The van der Waals surface area contributed by atoms with E-state index < -0.39 is 6.43 Å². The van der Waals surface area contributed by atoms with Crippen LogP contribution in [-0.4, -0.2) is 10.1 Å². The van der Waals surface area contributed by atoms with Crippen LogP contribution in [0.25, 0.3) is 0 Å². The van der Waals surface area contributed by atoms with Crippen LogP contribution < -0.4 is 5.73 Å². The molecular formula is C8H9BrF2N2O. The molecule has 0 aliphatic heterocycles. The second-order valence-corrected chi connectivity index (χ2v) is 3.39. The van der Waals surface area contributed by atoms with E-state index >= 15 is 0 Å². The molecule has 0 fully saturated rings. The third-order valence-electron chi connectivity index (χ3n) is 1.75. The summed E-state index contributed by atoms with van der Waals surface area (Å²) in [5.41, 5.74) is 5.73. The van der Waals surface area contributed by atoms with Gasteiger partial charge in [-0.15, -0.1) is 0 Å². The predicted molar refractivity (Wildman–Crippen MR) is 50.7 cm³/mol. The van der Waals surface area contributed by atoms with Gasteiger partial charge in [-0.2, -0.15) is 0 Å². The molecule has 0 aliphatic rings. The number of aliphatic hydroxyl groups is 1. The van der Waals surface area contributed by atoms with Crippen LogP contribution in [0.5, 0.6) is 0 Å². The van der Waals surface area contributed by atoms with Crippen LogP contribution in [0.3, 0.4) is 0 Å². The molecule has 0 unspecified atom stereocenters. The van der Waals surface area contributed by atoms with E-state index in [-0.39, 0.29) is 23.3 Å². The predicted octanol–water partition coefficient (Wildman–Crippen LogP) is 1.73. The van der Waals surface area contributed by atoms with Crippen LogP contribution in [-0.2, 0) is 13.2 Å². The fraction of sp³-hybridized carbons (Fsp3) is 0.375. The molecule has 1 aromatic rings. The van der Waals surface area contributed by atoms with E-state index in [4.69, 9.17) is 10.8 Å². The highest BCUT2D eigenvalue weighted by molar-refractivity contribution is 9.10. The molecule has 1 rings (SSSR count). The van der Waals surface area contributed by atoms with Crippen LogP contribution in [0.2, 0.25) is 0 Å². The average Bonchev–Trinajstić information content (AvgIpc) is 2.15. The number of halogens is 3. The number of hydrogen-bond acceptors (Lipinski definition) is 3. The summed E-state index contributed by atoms with van der Waals surface area (Å²) in [5, 5.41) is 8.80. The molecule has 1 heterocycles. The van der Waals surface area contributed by atoms with Crippen LogP contribution >= 0.6 is 15.9 Å². The van der Waals surface area contributed by atoms with Crippen molar-refractivity contribution in [3.63, 3.8) is 0 Å². The average molecular weight is 267 g/mol. The highest BCUT2D eigenvalue weighted by Gasteiger charge is 2.18. The first-order valence-corrected chi connectivity index (χ1v) is 4.66. The molecule has 1 aromatic heterocycles. The first kappa shape index (κ1) is 11.5.